The molecule has 1 aromatic heterocycles. The van der Waals surface area contributed by atoms with Gasteiger partial charge in [-0.1, -0.05) is 170 Å². The highest BCUT2D eigenvalue weighted by Gasteiger charge is 2.54. The Hall–Kier alpha value is -7.88. The van der Waals surface area contributed by atoms with E-state index < -0.39 is 5.41 Å². The molecule has 0 radical (unpaired) electrons. The second-order valence-corrected chi connectivity index (χ2v) is 15.6. The van der Waals surface area contributed by atoms with E-state index in [2.05, 4.69) is 229 Å². The number of furan rings is 1. The van der Waals surface area contributed by atoms with Crippen molar-refractivity contribution < 1.29 is 9.15 Å². The van der Waals surface area contributed by atoms with E-state index in [-0.39, 0.29) is 0 Å². The van der Waals surface area contributed by atoms with E-state index in [9.17, 15) is 0 Å². The summed E-state index contributed by atoms with van der Waals surface area (Å²) in [6.07, 6.45) is 0. The van der Waals surface area contributed by atoms with E-state index in [1.54, 1.807) is 0 Å². The molecular weight excluding hydrogens is 731 g/mol. The van der Waals surface area contributed by atoms with Crippen LogP contribution in [0.4, 0.5) is 17.1 Å². The Morgan fingerprint density at radius 1 is 0.350 bits per heavy atom. The number of para-hydroxylation sites is 1. The van der Waals surface area contributed by atoms with Gasteiger partial charge in [-0.15, -0.1) is 0 Å². The molecule has 2 heterocycles. The Morgan fingerprint density at radius 2 is 0.833 bits per heavy atom. The molecular formula is C57H37NO2. The fourth-order valence-electron chi connectivity index (χ4n) is 9.63. The SMILES string of the molecule is c1ccc(-c2ccc(N(c3cc(-c4ccccc4)cc(-c4ccccc4)c3)c3ccc4oc5c(c4c3)Oc3ccccc3C53c4ccccc4-c4ccccc43)cc2)cc1. The lowest BCUT2D eigenvalue weighted by molar-refractivity contribution is 0.389. The van der Waals surface area contributed by atoms with Crippen molar-refractivity contribution in [2.45, 2.75) is 5.41 Å². The summed E-state index contributed by atoms with van der Waals surface area (Å²) in [5, 5.41) is 0.923. The van der Waals surface area contributed by atoms with Crippen LogP contribution in [0.5, 0.6) is 11.5 Å². The van der Waals surface area contributed by atoms with E-state index in [0.717, 1.165) is 78.7 Å². The minimum absolute atomic E-state index is 0.682. The first-order valence-corrected chi connectivity index (χ1v) is 20.5. The molecule has 2 aliphatic rings. The number of nitrogens with zero attached hydrogens (tertiary/aromatic N) is 1. The third-order valence-corrected chi connectivity index (χ3v) is 12.3. The van der Waals surface area contributed by atoms with Crippen LogP contribution in [0.1, 0.15) is 22.5 Å². The Morgan fingerprint density at radius 3 is 1.43 bits per heavy atom. The van der Waals surface area contributed by atoms with Crippen molar-refractivity contribution in [1.29, 1.82) is 0 Å². The van der Waals surface area contributed by atoms with Crippen LogP contribution in [-0.2, 0) is 5.41 Å². The van der Waals surface area contributed by atoms with E-state index in [1.165, 1.54) is 27.8 Å². The van der Waals surface area contributed by atoms with Gasteiger partial charge in [0, 0.05) is 22.6 Å². The zero-order chi connectivity index (χ0) is 39.6. The molecule has 0 fully saturated rings. The minimum atomic E-state index is -0.682. The van der Waals surface area contributed by atoms with E-state index in [1.807, 2.05) is 0 Å². The Balaban J connectivity index is 1.10. The Bertz CT molecular complexity index is 3120. The van der Waals surface area contributed by atoms with Gasteiger partial charge in [0.1, 0.15) is 16.7 Å². The van der Waals surface area contributed by atoms with Crippen molar-refractivity contribution in [2.75, 3.05) is 4.90 Å². The molecule has 9 aromatic carbocycles. The first-order chi connectivity index (χ1) is 29.7. The molecule has 0 unspecified atom stereocenters. The zero-order valence-corrected chi connectivity index (χ0v) is 32.6. The number of hydrogen-bond acceptors (Lipinski definition) is 3. The second-order valence-electron chi connectivity index (χ2n) is 15.6. The van der Waals surface area contributed by atoms with Crippen molar-refractivity contribution >= 4 is 28.0 Å². The van der Waals surface area contributed by atoms with Crippen LogP contribution in [0.15, 0.2) is 229 Å². The van der Waals surface area contributed by atoms with Crippen LogP contribution in [0.25, 0.3) is 55.5 Å². The summed E-state index contributed by atoms with van der Waals surface area (Å²) in [5.74, 6) is 2.39. The van der Waals surface area contributed by atoms with Gasteiger partial charge >= 0.3 is 0 Å². The summed E-state index contributed by atoms with van der Waals surface area (Å²) >= 11 is 0. The fraction of sp³-hybridized carbons (Fsp3) is 0.0175. The first-order valence-electron chi connectivity index (χ1n) is 20.5. The molecule has 10 aromatic rings. The van der Waals surface area contributed by atoms with Crippen molar-refractivity contribution in [3.05, 3.63) is 247 Å². The number of rotatable bonds is 6. The average Bonchev–Trinajstić information content (AvgIpc) is 3.84. The maximum atomic E-state index is 7.12. The third kappa shape index (κ3) is 5.23. The normalized spacial score (nSPS) is 12.9. The van der Waals surface area contributed by atoms with Gasteiger partial charge in [-0.25, -0.2) is 0 Å². The Labute approximate surface area is 349 Å². The lowest BCUT2D eigenvalue weighted by atomic mass is 9.69. The highest BCUT2D eigenvalue weighted by molar-refractivity contribution is 5.97. The molecule has 0 saturated heterocycles. The zero-order valence-electron chi connectivity index (χ0n) is 32.6. The van der Waals surface area contributed by atoms with E-state index >= 15 is 0 Å². The van der Waals surface area contributed by atoms with E-state index in [0.29, 0.717) is 0 Å². The maximum absolute atomic E-state index is 7.12. The quantitative estimate of drug-likeness (QED) is 0.168. The molecule has 0 N–H and O–H groups in total. The standard InChI is InChI=1S/C57H37NO2/c1-4-16-38(17-5-1)41-28-30-44(31-29-41)58(46-35-42(39-18-6-2-7-19-39)34-43(36-46)40-20-8-3-9-21-40)45-32-33-53-49(37-45)55-56(60-53)57(52-26-14-15-27-54(52)59-55)50-24-12-10-22-47(50)48-23-11-13-25-51(48)57/h1-37H. The highest BCUT2D eigenvalue weighted by Crippen LogP contribution is 2.63. The smallest absolute Gasteiger partial charge is 0.178 e. The molecule has 3 heteroatoms. The minimum Gasteiger partial charge on any atom is -0.455 e. The van der Waals surface area contributed by atoms with Crippen molar-refractivity contribution in [1.82, 2.24) is 0 Å². The molecule has 0 amide bonds. The molecule has 60 heavy (non-hydrogen) atoms. The van der Waals surface area contributed by atoms with Crippen molar-refractivity contribution in [3.63, 3.8) is 0 Å². The van der Waals surface area contributed by atoms with Gasteiger partial charge in [0.2, 0.25) is 0 Å². The van der Waals surface area contributed by atoms with Gasteiger partial charge in [0.05, 0.1) is 5.39 Å². The summed E-state index contributed by atoms with van der Waals surface area (Å²) in [4.78, 5) is 2.36. The summed E-state index contributed by atoms with van der Waals surface area (Å²) in [6, 6.07) is 80.1. The largest absolute Gasteiger partial charge is 0.455 e. The van der Waals surface area contributed by atoms with Gasteiger partial charge in [0.25, 0.3) is 0 Å². The van der Waals surface area contributed by atoms with Crippen LogP contribution in [0.2, 0.25) is 0 Å². The van der Waals surface area contributed by atoms with Gasteiger partial charge in [-0.3, -0.25) is 0 Å². The Kier molecular flexibility index (Phi) is 7.76. The maximum Gasteiger partial charge on any atom is 0.178 e. The summed E-state index contributed by atoms with van der Waals surface area (Å²) in [7, 11) is 0. The summed E-state index contributed by atoms with van der Waals surface area (Å²) < 4.78 is 14.1. The lowest BCUT2D eigenvalue weighted by Crippen LogP contribution is -2.31. The predicted octanol–water partition coefficient (Wildman–Crippen LogP) is 15.4. The second kappa shape index (κ2) is 13.6. The van der Waals surface area contributed by atoms with Crippen LogP contribution >= 0.6 is 0 Å². The summed E-state index contributed by atoms with van der Waals surface area (Å²) in [6.45, 7) is 0. The van der Waals surface area contributed by atoms with Crippen molar-refractivity contribution in [2.24, 2.45) is 0 Å². The average molecular weight is 768 g/mol. The monoisotopic (exact) mass is 767 g/mol. The van der Waals surface area contributed by atoms with Crippen LogP contribution in [0, 0.1) is 0 Å². The molecule has 1 aliphatic heterocycles. The predicted molar refractivity (Wildman–Crippen MR) is 245 cm³/mol. The molecule has 1 aliphatic carbocycles. The molecule has 12 rings (SSSR count). The van der Waals surface area contributed by atoms with Crippen LogP contribution in [0.3, 0.4) is 0 Å². The molecule has 0 saturated carbocycles. The number of benzene rings is 9. The third-order valence-electron chi connectivity index (χ3n) is 12.3. The molecule has 0 bridgehead atoms. The van der Waals surface area contributed by atoms with Crippen LogP contribution in [-0.4, -0.2) is 0 Å². The van der Waals surface area contributed by atoms with Gasteiger partial charge in [0.15, 0.2) is 11.5 Å². The number of ether oxygens (including phenoxy) is 1. The number of hydrogen-bond donors (Lipinski definition) is 0. The number of fused-ring (bicyclic) bond motifs is 11. The molecule has 1 spiro atoms. The van der Waals surface area contributed by atoms with E-state index in [4.69, 9.17) is 9.15 Å². The molecule has 0 atom stereocenters. The molecule has 282 valence electrons. The van der Waals surface area contributed by atoms with Crippen LogP contribution < -0.4 is 9.64 Å². The topological polar surface area (TPSA) is 25.6 Å². The van der Waals surface area contributed by atoms with Gasteiger partial charge in [-0.05, 0) is 110 Å². The fourth-order valence-corrected chi connectivity index (χ4v) is 9.63. The molecule has 3 nitrogen and oxygen atoms in total. The highest BCUT2D eigenvalue weighted by atomic mass is 16.5. The number of anilines is 3. The van der Waals surface area contributed by atoms with Gasteiger partial charge < -0.3 is 14.1 Å². The van der Waals surface area contributed by atoms with Gasteiger partial charge in [-0.2, -0.15) is 0 Å². The van der Waals surface area contributed by atoms with Crippen molar-refractivity contribution in [3.8, 4) is 56.0 Å². The first kappa shape index (κ1) is 34.2. The summed E-state index contributed by atoms with van der Waals surface area (Å²) in [5.41, 5.74) is 16.0. The lowest BCUT2D eigenvalue weighted by Gasteiger charge is -2.36.